The Morgan fingerprint density at radius 3 is 2.69 bits per heavy atom. The van der Waals surface area contributed by atoms with Crippen LogP contribution < -0.4 is 0 Å². The van der Waals surface area contributed by atoms with Gasteiger partial charge in [-0.1, -0.05) is 19.0 Å². The Bertz CT molecular complexity index is 1030. The van der Waals surface area contributed by atoms with Gasteiger partial charge >= 0.3 is 0 Å². The summed E-state index contributed by atoms with van der Waals surface area (Å²) < 4.78 is 33.4. The minimum absolute atomic E-state index is 0.0896. The fourth-order valence-corrected chi connectivity index (χ4v) is 7.18. The summed E-state index contributed by atoms with van der Waals surface area (Å²) in [5, 5.41) is 5.66. The highest BCUT2D eigenvalue weighted by Gasteiger charge is 2.36. The zero-order valence-corrected chi connectivity index (χ0v) is 20.3. The number of aromatic nitrogens is 2. The average molecular weight is 482 g/mol. The molecule has 2 aromatic heterocycles. The zero-order valence-electron chi connectivity index (χ0n) is 18.7. The van der Waals surface area contributed by atoms with Crippen LogP contribution in [0.4, 0.5) is 0 Å². The zero-order chi connectivity index (χ0) is 22.7. The lowest BCUT2D eigenvalue weighted by Crippen LogP contribution is -2.53. The van der Waals surface area contributed by atoms with Crippen LogP contribution in [0.1, 0.15) is 39.0 Å². The van der Waals surface area contributed by atoms with E-state index >= 15 is 0 Å². The van der Waals surface area contributed by atoms with Gasteiger partial charge in [-0.05, 0) is 31.9 Å². The van der Waals surface area contributed by atoms with Gasteiger partial charge in [-0.2, -0.15) is 9.29 Å². The molecule has 1 atom stereocenters. The largest absolute Gasteiger partial charge is 0.340 e. The molecule has 2 aliphatic heterocycles. The van der Waals surface area contributed by atoms with E-state index in [1.807, 2.05) is 11.8 Å². The van der Waals surface area contributed by atoms with E-state index in [0.29, 0.717) is 36.7 Å². The van der Waals surface area contributed by atoms with E-state index in [4.69, 9.17) is 4.52 Å². The summed E-state index contributed by atoms with van der Waals surface area (Å²) in [6.07, 6.45) is 3.16. The van der Waals surface area contributed by atoms with E-state index in [2.05, 4.69) is 22.0 Å². The van der Waals surface area contributed by atoms with Gasteiger partial charge in [0, 0.05) is 56.6 Å². The molecule has 0 saturated carbocycles. The number of aryl methyl sites for hydroxylation is 1. The lowest BCUT2D eigenvalue weighted by atomic mass is 9.98. The molecular formula is C21H31N5O4S2. The fourth-order valence-electron chi connectivity index (χ4n) is 4.34. The van der Waals surface area contributed by atoms with Gasteiger partial charge in [0.1, 0.15) is 4.21 Å². The maximum absolute atomic E-state index is 13.3. The van der Waals surface area contributed by atoms with Crippen molar-refractivity contribution in [1.29, 1.82) is 0 Å². The Morgan fingerprint density at radius 2 is 2.00 bits per heavy atom. The Balaban J connectivity index is 1.42. The third kappa shape index (κ3) is 4.90. The molecule has 176 valence electrons. The first kappa shape index (κ1) is 23.3. The number of piperazine rings is 1. The number of amides is 1. The molecule has 0 bridgehead atoms. The molecule has 0 aliphatic carbocycles. The number of sulfonamides is 1. The summed E-state index contributed by atoms with van der Waals surface area (Å²) in [6.45, 7) is 9.04. The van der Waals surface area contributed by atoms with E-state index in [9.17, 15) is 13.2 Å². The highest BCUT2D eigenvalue weighted by atomic mass is 32.2. The van der Waals surface area contributed by atoms with Crippen molar-refractivity contribution in [3.63, 3.8) is 0 Å². The molecule has 2 saturated heterocycles. The molecule has 2 aromatic rings. The summed E-state index contributed by atoms with van der Waals surface area (Å²) >= 11 is 1.15. The number of carbonyl (C=O) groups is 1. The quantitative estimate of drug-likeness (QED) is 0.598. The predicted molar refractivity (Wildman–Crippen MR) is 122 cm³/mol. The Kier molecular flexibility index (Phi) is 7.28. The summed E-state index contributed by atoms with van der Waals surface area (Å²) in [6, 6.07) is 1.60. The Hall–Kier alpha value is -1.82. The van der Waals surface area contributed by atoms with Gasteiger partial charge in [0.15, 0.2) is 0 Å². The monoisotopic (exact) mass is 481 g/mol. The summed E-state index contributed by atoms with van der Waals surface area (Å²) in [4.78, 5) is 21.7. The molecule has 1 unspecified atom stereocenters. The summed E-state index contributed by atoms with van der Waals surface area (Å²) in [7, 11) is -3.67. The summed E-state index contributed by atoms with van der Waals surface area (Å²) in [5.41, 5.74) is 0.631. The lowest BCUT2D eigenvalue weighted by molar-refractivity contribution is -0.138. The van der Waals surface area contributed by atoms with E-state index in [0.717, 1.165) is 56.9 Å². The van der Waals surface area contributed by atoms with Crippen LogP contribution >= 0.6 is 11.3 Å². The van der Waals surface area contributed by atoms with Gasteiger partial charge in [0.25, 0.3) is 10.0 Å². The average Bonchev–Trinajstić information content (AvgIpc) is 3.49. The van der Waals surface area contributed by atoms with Crippen LogP contribution in [-0.2, 0) is 21.2 Å². The molecule has 32 heavy (non-hydrogen) atoms. The fraction of sp³-hybridized carbons (Fsp3) is 0.667. The first-order valence-corrected chi connectivity index (χ1v) is 13.7. The van der Waals surface area contributed by atoms with Crippen molar-refractivity contribution in [1.82, 2.24) is 24.2 Å². The van der Waals surface area contributed by atoms with Gasteiger partial charge in [-0.15, -0.1) is 11.3 Å². The van der Waals surface area contributed by atoms with Gasteiger partial charge in [0.2, 0.25) is 17.6 Å². The maximum Gasteiger partial charge on any atom is 0.252 e. The first-order chi connectivity index (χ1) is 15.4. The molecule has 0 spiro atoms. The topological polar surface area (TPSA) is 99.8 Å². The van der Waals surface area contributed by atoms with Crippen LogP contribution in [0.2, 0.25) is 0 Å². The number of piperidine rings is 1. The summed E-state index contributed by atoms with van der Waals surface area (Å²) in [5.74, 6) is 0.726. The van der Waals surface area contributed by atoms with Crippen molar-refractivity contribution in [2.45, 2.75) is 43.7 Å². The van der Waals surface area contributed by atoms with Crippen molar-refractivity contribution >= 4 is 27.3 Å². The van der Waals surface area contributed by atoms with Crippen molar-refractivity contribution in [2.24, 2.45) is 5.92 Å². The van der Waals surface area contributed by atoms with Crippen molar-refractivity contribution in [3.8, 4) is 11.4 Å². The van der Waals surface area contributed by atoms with E-state index < -0.39 is 10.0 Å². The minimum Gasteiger partial charge on any atom is -0.340 e. The number of hydrogen-bond acceptors (Lipinski definition) is 8. The highest BCUT2D eigenvalue weighted by molar-refractivity contribution is 7.91. The SMILES string of the molecule is CCCN1CCN(C(=O)C2CCCN(S(=O)(=O)c3cc(-c4noc(CC)n4)cs3)C2)CC1. The number of nitrogens with zero attached hydrogens (tertiary/aromatic N) is 5. The number of hydrogen-bond donors (Lipinski definition) is 0. The minimum atomic E-state index is -3.67. The first-order valence-electron chi connectivity index (χ1n) is 11.3. The molecule has 0 aromatic carbocycles. The predicted octanol–water partition coefficient (Wildman–Crippen LogP) is 2.32. The molecule has 4 rings (SSSR count). The molecule has 2 fully saturated rings. The molecule has 0 N–H and O–H groups in total. The second-order valence-electron chi connectivity index (χ2n) is 8.39. The molecule has 0 radical (unpaired) electrons. The molecular weight excluding hydrogens is 450 g/mol. The highest BCUT2D eigenvalue weighted by Crippen LogP contribution is 2.31. The van der Waals surface area contributed by atoms with Crippen LogP contribution in [0, 0.1) is 5.92 Å². The van der Waals surface area contributed by atoms with Crippen molar-refractivity contribution < 1.29 is 17.7 Å². The van der Waals surface area contributed by atoms with E-state index in [-0.39, 0.29) is 22.6 Å². The number of rotatable bonds is 7. The van der Waals surface area contributed by atoms with Crippen LogP contribution in [0.15, 0.2) is 20.2 Å². The van der Waals surface area contributed by atoms with Gasteiger partial charge in [-0.25, -0.2) is 8.42 Å². The normalized spacial score (nSPS) is 21.2. The smallest absolute Gasteiger partial charge is 0.252 e. The van der Waals surface area contributed by atoms with Crippen LogP contribution in [0.5, 0.6) is 0 Å². The van der Waals surface area contributed by atoms with Gasteiger partial charge in [-0.3, -0.25) is 9.69 Å². The van der Waals surface area contributed by atoms with Crippen LogP contribution in [0.25, 0.3) is 11.4 Å². The molecule has 11 heteroatoms. The maximum atomic E-state index is 13.3. The molecule has 2 aliphatic rings. The van der Waals surface area contributed by atoms with Crippen LogP contribution in [-0.4, -0.2) is 84.4 Å². The number of carbonyl (C=O) groups excluding carboxylic acids is 1. The Labute approximate surface area is 193 Å². The third-order valence-corrected chi connectivity index (χ3v) is 9.44. The molecule has 9 nitrogen and oxygen atoms in total. The van der Waals surface area contributed by atoms with Gasteiger partial charge in [0.05, 0.1) is 5.92 Å². The standard InChI is InChI=1S/C21H31N5O4S2/c1-3-7-24-9-11-25(12-10-24)21(27)16-6-5-8-26(14-16)32(28,29)19-13-17(15-31-19)20-22-18(4-2)30-23-20/h13,15-16H,3-12,14H2,1-2H3. The lowest BCUT2D eigenvalue weighted by Gasteiger charge is -2.38. The van der Waals surface area contributed by atoms with E-state index in [1.165, 1.54) is 4.31 Å². The number of thiophene rings is 1. The van der Waals surface area contributed by atoms with Crippen molar-refractivity contribution in [3.05, 3.63) is 17.3 Å². The van der Waals surface area contributed by atoms with E-state index in [1.54, 1.807) is 11.4 Å². The molecule has 1 amide bonds. The third-order valence-electron chi connectivity index (χ3n) is 6.16. The molecule has 4 heterocycles. The van der Waals surface area contributed by atoms with Gasteiger partial charge < -0.3 is 9.42 Å². The second-order valence-corrected chi connectivity index (χ2v) is 11.5. The van der Waals surface area contributed by atoms with Crippen LogP contribution in [0.3, 0.4) is 0 Å². The van der Waals surface area contributed by atoms with Crippen molar-refractivity contribution in [2.75, 3.05) is 45.8 Å². The Morgan fingerprint density at radius 1 is 1.22 bits per heavy atom. The second kappa shape index (κ2) is 9.98.